The van der Waals surface area contributed by atoms with Gasteiger partial charge in [0, 0.05) is 18.8 Å². The second-order valence-corrected chi connectivity index (χ2v) is 9.24. The number of rotatable bonds is 4. The van der Waals surface area contributed by atoms with Gasteiger partial charge in [-0.05, 0) is 43.5 Å². The maximum Gasteiger partial charge on any atom is 0.312 e. The first-order valence-corrected chi connectivity index (χ1v) is 12.1. The molecule has 35 heavy (non-hydrogen) atoms. The molecule has 0 saturated carbocycles. The van der Waals surface area contributed by atoms with E-state index in [2.05, 4.69) is 0 Å². The third-order valence-corrected chi connectivity index (χ3v) is 7.33. The lowest BCUT2D eigenvalue weighted by Crippen LogP contribution is -2.55. The summed E-state index contributed by atoms with van der Waals surface area (Å²) in [6.07, 6.45) is 9.15. The molecule has 2 amide bonds. The molecule has 2 saturated heterocycles. The summed E-state index contributed by atoms with van der Waals surface area (Å²) in [5, 5.41) is 9.73. The summed E-state index contributed by atoms with van der Waals surface area (Å²) < 4.78 is 17.3. The molecule has 5 atom stereocenters. The van der Waals surface area contributed by atoms with Crippen LogP contribution in [-0.2, 0) is 23.9 Å². The summed E-state index contributed by atoms with van der Waals surface area (Å²) >= 11 is 0. The van der Waals surface area contributed by atoms with Gasteiger partial charge < -0.3 is 29.1 Å². The number of amides is 2. The lowest BCUT2D eigenvalue weighted by Gasteiger charge is -2.35. The van der Waals surface area contributed by atoms with E-state index in [-0.39, 0.29) is 38.1 Å². The molecule has 9 heteroatoms. The van der Waals surface area contributed by atoms with Crippen molar-refractivity contribution in [1.82, 2.24) is 4.90 Å². The normalized spacial score (nSPS) is 33.5. The largest absolute Gasteiger partial charge is 0.497 e. The quantitative estimate of drug-likeness (QED) is 0.512. The van der Waals surface area contributed by atoms with Crippen molar-refractivity contribution in [3.8, 4) is 5.75 Å². The monoisotopic (exact) mass is 482 g/mol. The Bertz CT molecular complexity index is 1050. The number of nitrogens with zero attached hydrogens (tertiary/aromatic N) is 2. The van der Waals surface area contributed by atoms with Crippen molar-refractivity contribution in [2.75, 3.05) is 38.3 Å². The Morgan fingerprint density at radius 1 is 1.11 bits per heavy atom. The highest BCUT2D eigenvalue weighted by atomic mass is 16.6. The number of methoxy groups -OCH3 is 1. The van der Waals surface area contributed by atoms with E-state index in [1.54, 1.807) is 42.4 Å². The number of β-amino-alcohol motifs (C(OH)–C–C–N with tert-alkyl or cyclic N) is 1. The van der Waals surface area contributed by atoms with E-state index in [1.165, 1.54) is 4.90 Å². The van der Waals surface area contributed by atoms with Crippen molar-refractivity contribution < 1.29 is 33.7 Å². The fourth-order valence-electron chi connectivity index (χ4n) is 5.76. The van der Waals surface area contributed by atoms with Crippen molar-refractivity contribution in [3.05, 3.63) is 48.6 Å². The van der Waals surface area contributed by atoms with Crippen LogP contribution in [0.2, 0.25) is 0 Å². The van der Waals surface area contributed by atoms with Crippen LogP contribution >= 0.6 is 0 Å². The summed E-state index contributed by atoms with van der Waals surface area (Å²) in [4.78, 5) is 43.9. The third-order valence-electron chi connectivity index (χ3n) is 7.33. The number of hydrogen-bond acceptors (Lipinski definition) is 7. The Hall–Kier alpha value is -3.17. The van der Waals surface area contributed by atoms with Gasteiger partial charge >= 0.3 is 5.97 Å². The van der Waals surface area contributed by atoms with Crippen molar-refractivity contribution in [2.24, 2.45) is 11.8 Å². The van der Waals surface area contributed by atoms with E-state index in [4.69, 9.17) is 14.2 Å². The summed E-state index contributed by atoms with van der Waals surface area (Å²) in [5.74, 6) is -2.32. The molecule has 4 heterocycles. The van der Waals surface area contributed by atoms with Crippen LogP contribution in [0.25, 0.3) is 0 Å². The molecule has 1 unspecified atom stereocenters. The van der Waals surface area contributed by atoms with Crippen molar-refractivity contribution >= 4 is 23.5 Å². The van der Waals surface area contributed by atoms with Gasteiger partial charge in [-0.2, -0.15) is 0 Å². The van der Waals surface area contributed by atoms with Crippen LogP contribution in [0.1, 0.15) is 19.3 Å². The molecular weight excluding hydrogens is 452 g/mol. The first kappa shape index (κ1) is 23.6. The number of ether oxygens (including phenoxy) is 3. The first-order valence-electron chi connectivity index (χ1n) is 12.1. The molecule has 0 radical (unpaired) electrons. The average molecular weight is 483 g/mol. The van der Waals surface area contributed by atoms with Gasteiger partial charge in [-0.3, -0.25) is 14.4 Å². The Balaban J connectivity index is 1.58. The maximum absolute atomic E-state index is 14.0. The average Bonchev–Trinajstić information content (AvgIpc) is 3.24. The zero-order valence-electron chi connectivity index (χ0n) is 19.7. The fourth-order valence-corrected chi connectivity index (χ4v) is 5.76. The Morgan fingerprint density at radius 3 is 2.66 bits per heavy atom. The van der Waals surface area contributed by atoms with E-state index >= 15 is 0 Å². The summed E-state index contributed by atoms with van der Waals surface area (Å²) in [7, 11) is 1.57. The molecule has 0 aromatic heterocycles. The van der Waals surface area contributed by atoms with Crippen LogP contribution in [0, 0.1) is 11.8 Å². The molecule has 9 nitrogen and oxygen atoms in total. The lowest BCUT2D eigenvalue weighted by molar-refractivity contribution is -0.154. The van der Waals surface area contributed by atoms with Crippen LogP contribution in [0.4, 0.5) is 5.69 Å². The number of fused-ring (bicyclic) bond motifs is 2. The zero-order chi connectivity index (χ0) is 24.6. The number of cyclic esters (lactones) is 1. The standard InChI is InChI=1S/C26H30N2O7/c1-33-18-10-8-17(9-11-18)27-13-6-12-26-21(23(30)28(14-15-29)22(26)24(27)31)20-19(35-26)7-4-2-3-5-16-34-25(20)32/h4,6-12,19-22,29H,2-3,5,13-16H2,1H3/b7-4-/t19-,20+,21-,22?,26-/m0/s1. The van der Waals surface area contributed by atoms with Gasteiger partial charge in [-0.15, -0.1) is 0 Å². The van der Waals surface area contributed by atoms with Crippen LogP contribution in [0.15, 0.2) is 48.6 Å². The Labute approximate surface area is 203 Å². The highest BCUT2D eigenvalue weighted by Gasteiger charge is 2.71. The molecule has 4 aliphatic heterocycles. The van der Waals surface area contributed by atoms with E-state index in [1.807, 2.05) is 18.2 Å². The van der Waals surface area contributed by atoms with Gasteiger partial charge in [-0.25, -0.2) is 0 Å². The molecular formula is C26H30N2O7. The molecule has 0 bridgehead atoms. The summed E-state index contributed by atoms with van der Waals surface area (Å²) in [5.41, 5.74) is -0.689. The van der Waals surface area contributed by atoms with E-state index in [9.17, 15) is 19.5 Å². The van der Waals surface area contributed by atoms with Gasteiger partial charge in [0.15, 0.2) is 0 Å². The number of aliphatic hydroxyl groups is 1. The minimum atomic E-state index is -1.34. The molecule has 1 aromatic rings. The zero-order valence-corrected chi connectivity index (χ0v) is 19.7. The van der Waals surface area contributed by atoms with Crippen molar-refractivity contribution in [1.29, 1.82) is 0 Å². The highest BCUT2D eigenvalue weighted by molar-refractivity contribution is 6.05. The van der Waals surface area contributed by atoms with E-state index in [0.29, 0.717) is 11.4 Å². The number of hydrogen-bond donors (Lipinski definition) is 1. The van der Waals surface area contributed by atoms with Gasteiger partial charge in [0.2, 0.25) is 5.91 Å². The first-order chi connectivity index (χ1) is 17.0. The van der Waals surface area contributed by atoms with Gasteiger partial charge in [0.05, 0.1) is 32.3 Å². The van der Waals surface area contributed by atoms with E-state index < -0.39 is 35.6 Å². The maximum atomic E-state index is 14.0. The second kappa shape index (κ2) is 9.47. The topological polar surface area (TPSA) is 106 Å². The molecule has 1 spiro atoms. The number of allylic oxidation sites excluding steroid dienone is 1. The lowest BCUT2D eigenvalue weighted by atomic mass is 9.78. The van der Waals surface area contributed by atoms with Crippen LogP contribution in [0.3, 0.4) is 0 Å². The number of benzene rings is 1. The molecule has 1 N–H and O–H groups in total. The number of carbonyl (C=O) groups is 3. The minimum Gasteiger partial charge on any atom is -0.497 e. The van der Waals surface area contributed by atoms with Gasteiger partial charge in [-0.1, -0.05) is 24.3 Å². The molecule has 4 aliphatic rings. The number of esters is 1. The third kappa shape index (κ3) is 3.83. The van der Waals surface area contributed by atoms with Gasteiger partial charge in [0.1, 0.15) is 23.3 Å². The van der Waals surface area contributed by atoms with Crippen LogP contribution < -0.4 is 9.64 Å². The predicted molar refractivity (Wildman–Crippen MR) is 126 cm³/mol. The predicted octanol–water partition coefficient (Wildman–Crippen LogP) is 1.45. The number of carbonyl (C=O) groups excluding carboxylic acids is 3. The second-order valence-electron chi connectivity index (χ2n) is 9.24. The molecule has 1 aromatic carbocycles. The summed E-state index contributed by atoms with van der Waals surface area (Å²) in [6, 6.07) is 6.07. The Morgan fingerprint density at radius 2 is 1.91 bits per heavy atom. The van der Waals surface area contributed by atoms with Crippen LogP contribution in [-0.4, -0.2) is 79.0 Å². The molecule has 2 fully saturated rings. The molecule has 5 rings (SSSR count). The Kier molecular flexibility index (Phi) is 6.37. The number of anilines is 1. The van der Waals surface area contributed by atoms with Crippen molar-refractivity contribution in [2.45, 2.75) is 37.0 Å². The minimum absolute atomic E-state index is 0.0383. The van der Waals surface area contributed by atoms with Crippen LogP contribution in [0.5, 0.6) is 5.75 Å². The van der Waals surface area contributed by atoms with Crippen molar-refractivity contribution in [3.63, 3.8) is 0 Å². The molecule has 186 valence electrons. The fraction of sp³-hybridized carbons (Fsp3) is 0.500. The summed E-state index contributed by atoms with van der Waals surface area (Å²) in [6.45, 7) is 0.205. The van der Waals surface area contributed by atoms with E-state index in [0.717, 1.165) is 19.3 Å². The SMILES string of the molecule is COc1ccc(N2CC=C[C@]34O[C@H]5/C=C\CCCCOC(=O)[C@H]5[C@H]3C(=O)N(CCO)C4C2=O)cc1. The smallest absolute Gasteiger partial charge is 0.312 e. The van der Waals surface area contributed by atoms with Gasteiger partial charge in [0.25, 0.3) is 5.91 Å². The highest BCUT2D eigenvalue weighted by Crippen LogP contribution is 2.53. The molecule has 0 aliphatic carbocycles. The number of likely N-dealkylation sites (tertiary alicyclic amines) is 1. The number of aliphatic hydroxyl groups excluding tert-OH is 1.